The fraction of sp³-hybridized carbons (Fsp3) is 0.227. The van der Waals surface area contributed by atoms with Crippen molar-refractivity contribution in [3.8, 4) is 17.1 Å². The normalized spacial score (nSPS) is 10.5. The van der Waals surface area contributed by atoms with E-state index >= 15 is 0 Å². The number of carbonyl (C=O) groups is 2. The number of amides is 1. The van der Waals surface area contributed by atoms with Crippen molar-refractivity contribution in [3.63, 3.8) is 0 Å². The van der Waals surface area contributed by atoms with Crippen LogP contribution in [0.25, 0.3) is 11.3 Å². The molecule has 0 aliphatic rings. The van der Waals surface area contributed by atoms with Crippen LogP contribution < -0.4 is 10.1 Å². The van der Waals surface area contributed by atoms with Crippen LogP contribution >= 0.6 is 0 Å². The Morgan fingerprint density at radius 3 is 2.70 bits per heavy atom. The van der Waals surface area contributed by atoms with Crippen molar-refractivity contribution in [2.45, 2.75) is 19.4 Å². The summed E-state index contributed by atoms with van der Waals surface area (Å²) in [5.41, 5.74) is 1.33. The first-order valence-corrected chi connectivity index (χ1v) is 9.23. The number of nitrogens with zero attached hydrogens (tertiary/aromatic N) is 1. The Bertz CT molecular complexity index is 1050. The molecule has 0 saturated carbocycles. The minimum absolute atomic E-state index is 0.150. The molecule has 0 saturated heterocycles. The lowest BCUT2D eigenvalue weighted by Gasteiger charge is -2.10. The number of esters is 1. The van der Waals surface area contributed by atoms with E-state index in [2.05, 4.69) is 10.3 Å². The van der Waals surface area contributed by atoms with Gasteiger partial charge in [-0.2, -0.15) is 0 Å². The van der Waals surface area contributed by atoms with Crippen molar-refractivity contribution >= 4 is 11.9 Å². The minimum atomic E-state index is -0.519. The summed E-state index contributed by atoms with van der Waals surface area (Å²) in [6.07, 6.45) is 1.87. The number of aromatic nitrogens is 1. The molecule has 1 amide bonds. The van der Waals surface area contributed by atoms with Crippen LogP contribution in [0.15, 0.2) is 53.1 Å². The second-order valence-electron chi connectivity index (χ2n) is 6.40. The minimum Gasteiger partial charge on any atom is -0.496 e. The molecule has 0 bridgehead atoms. The summed E-state index contributed by atoms with van der Waals surface area (Å²) >= 11 is 0. The molecule has 0 atom stereocenters. The Hall–Kier alpha value is -3.68. The van der Waals surface area contributed by atoms with Crippen LogP contribution in [-0.2, 0) is 22.5 Å². The second-order valence-corrected chi connectivity index (χ2v) is 6.40. The van der Waals surface area contributed by atoms with Crippen molar-refractivity contribution in [2.75, 3.05) is 14.2 Å². The van der Waals surface area contributed by atoms with Crippen LogP contribution in [0.4, 0.5) is 4.39 Å². The van der Waals surface area contributed by atoms with Gasteiger partial charge in [-0.1, -0.05) is 18.2 Å². The van der Waals surface area contributed by atoms with Crippen LogP contribution in [0, 0.1) is 5.82 Å². The first-order chi connectivity index (χ1) is 14.5. The fourth-order valence-corrected chi connectivity index (χ4v) is 2.86. The molecule has 1 aromatic heterocycles. The molecule has 0 radical (unpaired) electrons. The number of aryl methyl sites for hydroxylation is 1. The molecule has 7 nitrogen and oxygen atoms in total. The highest BCUT2D eigenvalue weighted by atomic mass is 19.1. The standard InChI is InChI=1S/C22H21FN2O5/c1-28-18-8-7-14(11-16(18)22(27)29-2)12-24-20(26)9-10-21-25-13-19(30-21)15-5-3-4-6-17(15)23/h3-8,11,13H,9-10,12H2,1-2H3,(H,24,26). The Kier molecular flexibility index (Phi) is 6.79. The predicted octanol–water partition coefficient (Wildman–Crippen LogP) is 3.52. The summed E-state index contributed by atoms with van der Waals surface area (Å²) in [6.45, 7) is 0.235. The first-order valence-electron chi connectivity index (χ1n) is 9.23. The molecular weight excluding hydrogens is 391 g/mol. The number of methoxy groups -OCH3 is 2. The molecule has 3 rings (SSSR count). The molecule has 8 heteroatoms. The maximum Gasteiger partial charge on any atom is 0.341 e. The number of carbonyl (C=O) groups excluding carboxylic acids is 2. The van der Waals surface area contributed by atoms with Crippen molar-refractivity contribution in [3.05, 3.63) is 71.5 Å². The Labute approximate surface area is 172 Å². The number of ether oxygens (including phenoxy) is 2. The van der Waals surface area contributed by atoms with E-state index in [0.29, 0.717) is 23.0 Å². The van der Waals surface area contributed by atoms with Crippen molar-refractivity contribution in [1.29, 1.82) is 0 Å². The first kappa shape index (κ1) is 21.0. The highest BCUT2D eigenvalue weighted by Crippen LogP contribution is 2.24. The number of nitrogens with one attached hydrogen (secondary N) is 1. The van der Waals surface area contributed by atoms with E-state index in [1.165, 1.54) is 26.5 Å². The van der Waals surface area contributed by atoms with E-state index in [0.717, 1.165) is 5.56 Å². The molecule has 0 fully saturated rings. The maximum absolute atomic E-state index is 13.8. The monoisotopic (exact) mass is 412 g/mol. The third kappa shape index (κ3) is 5.02. The molecule has 1 heterocycles. The Morgan fingerprint density at radius 1 is 1.17 bits per heavy atom. The summed E-state index contributed by atoms with van der Waals surface area (Å²) in [5.74, 6) is -0.0706. The number of rotatable bonds is 8. The smallest absolute Gasteiger partial charge is 0.341 e. The number of benzene rings is 2. The molecule has 0 aliphatic heterocycles. The third-order valence-corrected chi connectivity index (χ3v) is 4.42. The molecule has 156 valence electrons. The van der Waals surface area contributed by atoms with Gasteiger partial charge in [0.2, 0.25) is 5.91 Å². The molecule has 0 spiro atoms. The van der Waals surface area contributed by atoms with Gasteiger partial charge in [0.25, 0.3) is 0 Å². The average molecular weight is 412 g/mol. The zero-order chi connectivity index (χ0) is 21.5. The zero-order valence-electron chi connectivity index (χ0n) is 16.6. The Morgan fingerprint density at radius 2 is 1.97 bits per heavy atom. The summed E-state index contributed by atoms with van der Waals surface area (Å²) in [6, 6.07) is 11.3. The van der Waals surface area contributed by atoms with Gasteiger partial charge >= 0.3 is 5.97 Å². The molecule has 0 unspecified atom stereocenters. The quantitative estimate of drug-likeness (QED) is 0.570. The van der Waals surface area contributed by atoms with Gasteiger partial charge in [0.15, 0.2) is 11.7 Å². The lowest BCUT2D eigenvalue weighted by atomic mass is 10.1. The van der Waals surface area contributed by atoms with Crippen LogP contribution in [-0.4, -0.2) is 31.1 Å². The molecule has 1 N–H and O–H groups in total. The topological polar surface area (TPSA) is 90.7 Å². The molecule has 0 aliphatic carbocycles. The van der Waals surface area contributed by atoms with Crippen LogP contribution in [0.3, 0.4) is 0 Å². The zero-order valence-corrected chi connectivity index (χ0v) is 16.6. The van der Waals surface area contributed by atoms with E-state index in [-0.39, 0.29) is 30.9 Å². The van der Waals surface area contributed by atoms with E-state index < -0.39 is 11.8 Å². The Balaban J connectivity index is 1.55. The highest BCUT2D eigenvalue weighted by Gasteiger charge is 2.14. The van der Waals surface area contributed by atoms with Gasteiger partial charge in [0.05, 0.1) is 26.0 Å². The van der Waals surface area contributed by atoms with Gasteiger partial charge < -0.3 is 19.2 Å². The number of halogens is 1. The van der Waals surface area contributed by atoms with E-state index in [1.54, 1.807) is 36.4 Å². The van der Waals surface area contributed by atoms with Crippen LogP contribution in [0.1, 0.15) is 28.2 Å². The summed E-state index contributed by atoms with van der Waals surface area (Å²) in [5, 5.41) is 2.78. The maximum atomic E-state index is 13.8. The SMILES string of the molecule is COC(=O)c1cc(CNC(=O)CCc2ncc(-c3ccccc3F)o2)ccc1OC. The molecule has 30 heavy (non-hydrogen) atoms. The lowest BCUT2D eigenvalue weighted by molar-refractivity contribution is -0.121. The molecule has 3 aromatic rings. The number of hydrogen-bond donors (Lipinski definition) is 1. The number of hydrogen-bond acceptors (Lipinski definition) is 6. The third-order valence-electron chi connectivity index (χ3n) is 4.42. The lowest BCUT2D eigenvalue weighted by Crippen LogP contribution is -2.23. The van der Waals surface area contributed by atoms with Crippen molar-refractivity contribution < 1.29 is 27.9 Å². The van der Waals surface area contributed by atoms with Gasteiger partial charge in [-0.15, -0.1) is 0 Å². The molecular formula is C22H21FN2O5. The van der Waals surface area contributed by atoms with E-state index in [9.17, 15) is 14.0 Å². The van der Waals surface area contributed by atoms with E-state index in [4.69, 9.17) is 13.9 Å². The predicted molar refractivity (Wildman–Crippen MR) is 106 cm³/mol. The molecule has 2 aromatic carbocycles. The van der Waals surface area contributed by atoms with Crippen LogP contribution in [0.2, 0.25) is 0 Å². The van der Waals surface area contributed by atoms with Gasteiger partial charge in [-0.3, -0.25) is 4.79 Å². The summed E-state index contributed by atoms with van der Waals surface area (Å²) in [4.78, 5) is 28.1. The van der Waals surface area contributed by atoms with Gasteiger partial charge in [0.1, 0.15) is 17.1 Å². The van der Waals surface area contributed by atoms with Gasteiger partial charge in [-0.25, -0.2) is 14.2 Å². The van der Waals surface area contributed by atoms with Gasteiger partial charge in [-0.05, 0) is 29.8 Å². The number of oxazole rings is 1. The van der Waals surface area contributed by atoms with E-state index in [1.807, 2.05) is 0 Å². The van der Waals surface area contributed by atoms with Crippen molar-refractivity contribution in [2.24, 2.45) is 0 Å². The summed E-state index contributed by atoms with van der Waals surface area (Å²) in [7, 11) is 2.75. The average Bonchev–Trinajstić information content (AvgIpc) is 3.24. The van der Waals surface area contributed by atoms with Crippen LogP contribution in [0.5, 0.6) is 5.75 Å². The fourth-order valence-electron chi connectivity index (χ4n) is 2.86. The second kappa shape index (κ2) is 9.69. The van der Waals surface area contributed by atoms with Crippen molar-refractivity contribution in [1.82, 2.24) is 10.3 Å². The highest BCUT2D eigenvalue weighted by molar-refractivity contribution is 5.92. The largest absolute Gasteiger partial charge is 0.496 e. The van der Waals surface area contributed by atoms with Gasteiger partial charge in [0, 0.05) is 19.4 Å². The summed E-state index contributed by atoms with van der Waals surface area (Å²) < 4.78 is 29.3.